The van der Waals surface area contributed by atoms with Gasteiger partial charge >= 0.3 is 0 Å². The first-order valence-corrected chi connectivity index (χ1v) is 5.10. The second kappa shape index (κ2) is 5.15. The highest BCUT2D eigenvalue weighted by molar-refractivity contribution is 5.85. The number of piperidine rings is 1. The SMILES string of the molecule is Cl.N#CC1(N)CCN(c2ccccn2)CC1. The maximum absolute atomic E-state index is 8.90. The van der Waals surface area contributed by atoms with E-state index in [4.69, 9.17) is 11.0 Å². The smallest absolute Gasteiger partial charge is 0.128 e. The van der Waals surface area contributed by atoms with E-state index in [1.54, 1.807) is 6.20 Å². The van der Waals surface area contributed by atoms with Crippen LogP contribution in [0.4, 0.5) is 5.82 Å². The largest absolute Gasteiger partial charge is 0.356 e. The Bertz CT molecular complexity index is 365. The summed E-state index contributed by atoms with van der Waals surface area (Å²) in [6.07, 6.45) is 3.20. The van der Waals surface area contributed by atoms with Gasteiger partial charge in [0.1, 0.15) is 11.4 Å². The molecule has 0 amide bonds. The lowest BCUT2D eigenvalue weighted by molar-refractivity contribution is 0.414. The fourth-order valence-electron chi connectivity index (χ4n) is 1.79. The first-order valence-electron chi connectivity index (χ1n) is 5.10. The number of anilines is 1. The monoisotopic (exact) mass is 238 g/mol. The van der Waals surface area contributed by atoms with Crippen LogP contribution in [0.3, 0.4) is 0 Å². The second-order valence-electron chi connectivity index (χ2n) is 3.94. The lowest BCUT2D eigenvalue weighted by atomic mass is 9.90. The highest BCUT2D eigenvalue weighted by Crippen LogP contribution is 2.22. The molecule has 0 radical (unpaired) electrons. The fraction of sp³-hybridized carbons (Fsp3) is 0.455. The Morgan fingerprint density at radius 2 is 2.06 bits per heavy atom. The summed E-state index contributed by atoms with van der Waals surface area (Å²) in [5.74, 6) is 0.970. The Kier molecular flexibility index (Phi) is 4.11. The molecule has 0 saturated carbocycles. The van der Waals surface area contributed by atoms with Gasteiger partial charge in [-0.1, -0.05) is 6.07 Å². The van der Waals surface area contributed by atoms with E-state index in [2.05, 4.69) is 16.0 Å². The maximum Gasteiger partial charge on any atom is 0.128 e. The van der Waals surface area contributed by atoms with Gasteiger partial charge in [-0.25, -0.2) is 4.98 Å². The molecule has 0 unspecified atom stereocenters. The molecule has 0 atom stereocenters. The van der Waals surface area contributed by atoms with E-state index in [0.29, 0.717) is 12.8 Å². The van der Waals surface area contributed by atoms with Gasteiger partial charge in [-0.3, -0.25) is 0 Å². The van der Waals surface area contributed by atoms with Crippen LogP contribution in [-0.4, -0.2) is 23.6 Å². The number of nitrogens with two attached hydrogens (primary N) is 1. The molecule has 0 aliphatic carbocycles. The summed E-state index contributed by atoms with van der Waals surface area (Å²) in [7, 11) is 0. The van der Waals surface area contributed by atoms with Crippen molar-refractivity contribution < 1.29 is 0 Å². The Balaban J connectivity index is 0.00000128. The van der Waals surface area contributed by atoms with E-state index in [0.717, 1.165) is 18.9 Å². The number of hydrogen-bond acceptors (Lipinski definition) is 4. The van der Waals surface area contributed by atoms with Crippen molar-refractivity contribution >= 4 is 18.2 Å². The van der Waals surface area contributed by atoms with Crippen LogP contribution in [0.25, 0.3) is 0 Å². The van der Waals surface area contributed by atoms with E-state index in [-0.39, 0.29) is 12.4 Å². The van der Waals surface area contributed by atoms with Crippen LogP contribution in [0, 0.1) is 11.3 Å². The van der Waals surface area contributed by atoms with Crippen LogP contribution in [0.15, 0.2) is 24.4 Å². The van der Waals surface area contributed by atoms with Crippen molar-refractivity contribution in [2.75, 3.05) is 18.0 Å². The third-order valence-electron chi connectivity index (χ3n) is 2.85. The third-order valence-corrected chi connectivity index (χ3v) is 2.85. The molecule has 1 aromatic rings. The highest BCUT2D eigenvalue weighted by Gasteiger charge is 2.30. The van der Waals surface area contributed by atoms with E-state index < -0.39 is 5.54 Å². The molecule has 0 aromatic carbocycles. The van der Waals surface area contributed by atoms with Gasteiger partial charge in [0.2, 0.25) is 0 Å². The summed E-state index contributed by atoms with van der Waals surface area (Å²) in [6, 6.07) is 8.03. The minimum absolute atomic E-state index is 0. The summed E-state index contributed by atoms with van der Waals surface area (Å²) in [4.78, 5) is 6.45. The zero-order chi connectivity index (χ0) is 10.7. The molecule has 2 rings (SSSR count). The Morgan fingerprint density at radius 3 is 2.56 bits per heavy atom. The second-order valence-corrected chi connectivity index (χ2v) is 3.94. The fourth-order valence-corrected chi connectivity index (χ4v) is 1.79. The van der Waals surface area contributed by atoms with E-state index >= 15 is 0 Å². The third kappa shape index (κ3) is 2.63. The topological polar surface area (TPSA) is 65.9 Å². The number of nitriles is 1. The van der Waals surface area contributed by atoms with E-state index in [1.807, 2.05) is 18.2 Å². The molecule has 4 nitrogen and oxygen atoms in total. The minimum Gasteiger partial charge on any atom is -0.356 e. The number of rotatable bonds is 1. The van der Waals surface area contributed by atoms with E-state index in [1.165, 1.54) is 0 Å². The lowest BCUT2D eigenvalue weighted by Crippen LogP contribution is -2.49. The van der Waals surface area contributed by atoms with Crippen molar-refractivity contribution in [3.63, 3.8) is 0 Å². The maximum atomic E-state index is 8.90. The minimum atomic E-state index is -0.634. The number of aromatic nitrogens is 1. The molecule has 1 aliphatic rings. The van der Waals surface area contributed by atoms with Crippen LogP contribution in [0.2, 0.25) is 0 Å². The molecule has 1 aromatic heterocycles. The van der Waals surface area contributed by atoms with Crippen molar-refractivity contribution in [2.45, 2.75) is 18.4 Å². The Morgan fingerprint density at radius 1 is 1.38 bits per heavy atom. The Hall–Kier alpha value is -1.31. The molecule has 0 spiro atoms. The van der Waals surface area contributed by atoms with Crippen LogP contribution in [0.1, 0.15) is 12.8 Å². The van der Waals surface area contributed by atoms with Crippen molar-refractivity contribution in [1.82, 2.24) is 4.98 Å². The summed E-state index contributed by atoms with van der Waals surface area (Å²) < 4.78 is 0. The molecule has 1 fully saturated rings. The van der Waals surface area contributed by atoms with Gasteiger partial charge in [0, 0.05) is 19.3 Å². The van der Waals surface area contributed by atoms with Crippen LogP contribution in [0.5, 0.6) is 0 Å². The van der Waals surface area contributed by atoms with Crippen LogP contribution < -0.4 is 10.6 Å². The molecule has 16 heavy (non-hydrogen) atoms. The number of halogens is 1. The molecule has 2 N–H and O–H groups in total. The molecular weight excluding hydrogens is 224 g/mol. The van der Waals surface area contributed by atoms with E-state index in [9.17, 15) is 0 Å². The summed E-state index contributed by atoms with van der Waals surface area (Å²) in [5, 5.41) is 8.90. The van der Waals surface area contributed by atoms with Gasteiger partial charge in [-0.15, -0.1) is 12.4 Å². The number of pyridine rings is 1. The first-order chi connectivity index (χ1) is 7.23. The van der Waals surface area contributed by atoms with Gasteiger partial charge in [-0.2, -0.15) is 5.26 Å². The van der Waals surface area contributed by atoms with Gasteiger partial charge in [0.15, 0.2) is 0 Å². The predicted molar refractivity (Wildman–Crippen MR) is 65.5 cm³/mol. The molecule has 1 aliphatic heterocycles. The quantitative estimate of drug-likeness (QED) is 0.802. The van der Waals surface area contributed by atoms with Crippen molar-refractivity contribution in [3.8, 4) is 6.07 Å². The number of nitrogens with zero attached hydrogens (tertiary/aromatic N) is 3. The molecule has 5 heteroatoms. The Labute approximate surface area is 101 Å². The summed E-state index contributed by atoms with van der Waals surface area (Å²) >= 11 is 0. The zero-order valence-electron chi connectivity index (χ0n) is 8.97. The van der Waals surface area contributed by atoms with Gasteiger partial charge in [-0.05, 0) is 25.0 Å². The average Bonchev–Trinajstić information content (AvgIpc) is 2.31. The lowest BCUT2D eigenvalue weighted by Gasteiger charge is -2.35. The van der Waals surface area contributed by atoms with Crippen LogP contribution in [-0.2, 0) is 0 Å². The summed E-state index contributed by atoms with van der Waals surface area (Å²) in [6.45, 7) is 1.61. The van der Waals surface area contributed by atoms with Crippen molar-refractivity contribution in [3.05, 3.63) is 24.4 Å². The van der Waals surface area contributed by atoms with Crippen molar-refractivity contribution in [1.29, 1.82) is 5.26 Å². The van der Waals surface area contributed by atoms with Gasteiger partial charge < -0.3 is 10.6 Å². The molecule has 0 bridgehead atoms. The van der Waals surface area contributed by atoms with Crippen molar-refractivity contribution in [2.24, 2.45) is 5.73 Å². The highest BCUT2D eigenvalue weighted by atomic mass is 35.5. The van der Waals surface area contributed by atoms with Gasteiger partial charge in [0.05, 0.1) is 6.07 Å². The first kappa shape index (κ1) is 12.8. The van der Waals surface area contributed by atoms with Gasteiger partial charge in [0.25, 0.3) is 0 Å². The zero-order valence-corrected chi connectivity index (χ0v) is 9.78. The average molecular weight is 239 g/mol. The molecule has 1 saturated heterocycles. The standard InChI is InChI=1S/C11H14N4.ClH/c12-9-11(13)4-7-15(8-5-11)10-3-1-2-6-14-10;/h1-3,6H,4-5,7-8,13H2;1H. The normalized spacial score (nSPS) is 18.4. The molecule has 86 valence electrons. The molecular formula is C11H15ClN4. The van der Waals surface area contributed by atoms with Crippen LogP contribution >= 0.6 is 12.4 Å². The molecule has 2 heterocycles. The summed E-state index contributed by atoms with van der Waals surface area (Å²) in [5.41, 5.74) is 5.26. The predicted octanol–water partition coefficient (Wildman–Crippen LogP) is 1.32. The number of hydrogen-bond donors (Lipinski definition) is 1.